The van der Waals surface area contributed by atoms with Gasteiger partial charge in [0.2, 0.25) is 0 Å². The number of benzene rings is 4. The molecule has 0 aliphatic rings. The summed E-state index contributed by atoms with van der Waals surface area (Å²) in [6, 6.07) is 37.7. The first kappa shape index (κ1) is 29.6. The van der Waals surface area contributed by atoms with E-state index < -0.39 is 0 Å². The van der Waals surface area contributed by atoms with Crippen molar-refractivity contribution in [3.8, 4) is 11.1 Å². The first-order valence-corrected chi connectivity index (χ1v) is 15.9. The summed E-state index contributed by atoms with van der Waals surface area (Å²) in [6.45, 7) is 2.05. The lowest BCUT2D eigenvalue weighted by atomic mass is 10.0. The van der Waals surface area contributed by atoms with Crippen molar-refractivity contribution in [3.05, 3.63) is 152 Å². The molecule has 45 heavy (non-hydrogen) atoms. The van der Waals surface area contributed by atoms with Gasteiger partial charge < -0.3 is 10.6 Å². The Labute approximate surface area is 269 Å². The SMILES string of the molecule is Cc1ccc(/C=N/c2ccccc2C(=O)Nc2cccc(-c3ccc(/N=C/c4cccs4)c(C(=O)Nc4ccccc4)c3)c2)s1. The highest BCUT2D eigenvalue weighted by molar-refractivity contribution is 7.13. The molecule has 0 atom stereocenters. The van der Waals surface area contributed by atoms with Crippen molar-refractivity contribution in [3.63, 3.8) is 0 Å². The quantitative estimate of drug-likeness (QED) is 0.157. The van der Waals surface area contributed by atoms with Gasteiger partial charge in [0, 0.05) is 38.4 Å². The Morgan fingerprint density at radius 1 is 0.600 bits per heavy atom. The Balaban J connectivity index is 1.26. The van der Waals surface area contributed by atoms with Crippen LogP contribution in [0.2, 0.25) is 0 Å². The molecule has 2 aromatic heterocycles. The van der Waals surface area contributed by atoms with Crippen molar-refractivity contribution in [1.29, 1.82) is 0 Å². The summed E-state index contributed by atoms with van der Waals surface area (Å²) in [4.78, 5) is 39.3. The van der Waals surface area contributed by atoms with Crippen LogP contribution in [0.25, 0.3) is 11.1 Å². The number of aliphatic imine (C=N–C) groups is 2. The summed E-state index contributed by atoms with van der Waals surface area (Å²) < 4.78 is 0. The number of hydrogen-bond acceptors (Lipinski definition) is 6. The maximum atomic E-state index is 13.5. The van der Waals surface area contributed by atoms with Crippen LogP contribution >= 0.6 is 22.7 Å². The van der Waals surface area contributed by atoms with E-state index >= 15 is 0 Å². The number of nitrogens with one attached hydrogen (secondary N) is 2. The molecule has 6 aromatic rings. The van der Waals surface area contributed by atoms with Gasteiger partial charge in [-0.3, -0.25) is 19.6 Å². The van der Waals surface area contributed by atoms with Crippen LogP contribution in [0, 0.1) is 6.92 Å². The van der Waals surface area contributed by atoms with E-state index in [0.717, 1.165) is 20.9 Å². The van der Waals surface area contributed by atoms with Crippen LogP contribution in [0.5, 0.6) is 0 Å². The van der Waals surface area contributed by atoms with Gasteiger partial charge >= 0.3 is 0 Å². The van der Waals surface area contributed by atoms with E-state index in [0.29, 0.717) is 33.9 Å². The van der Waals surface area contributed by atoms with Crippen LogP contribution in [0.3, 0.4) is 0 Å². The third kappa shape index (κ3) is 7.56. The van der Waals surface area contributed by atoms with Gasteiger partial charge in [0.15, 0.2) is 0 Å². The number of para-hydroxylation sites is 2. The van der Waals surface area contributed by atoms with Crippen LogP contribution < -0.4 is 10.6 Å². The van der Waals surface area contributed by atoms with Gasteiger partial charge in [-0.15, -0.1) is 22.7 Å². The minimum absolute atomic E-state index is 0.261. The van der Waals surface area contributed by atoms with E-state index in [1.807, 2.05) is 128 Å². The molecule has 0 aliphatic heterocycles. The van der Waals surface area contributed by atoms with Crippen molar-refractivity contribution < 1.29 is 9.59 Å². The van der Waals surface area contributed by atoms with E-state index in [9.17, 15) is 9.59 Å². The van der Waals surface area contributed by atoms with Crippen molar-refractivity contribution in [2.75, 3.05) is 10.6 Å². The van der Waals surface area contributed by atoms with Gasteiger partial charge in [0.25, 0.3) is 11.8 Å². The molecule has 2 N–H and O–H groups in total. The van der Waals surface area contributed by atoms with E-state index in [1.165, 1.54) is 4.88 Å². The highest BCUT2D eigenvalue weighted by atomic mass is 32.1. The Morgan fingerprint density at radius 3 is 2.07 bits per heavy atom. The topological polar surface area (TPSA) is 82.9 Å². The second-order valence-electron chi connectivity index (χ2n) is 10.1. The molecular weight excluding hydrogens is 597 g/mol. The third-order valence-corrected chi connectivity index (χ3v) is 8.58. The molecule has 8 heteroatoms. The highest BCUT2D eigenvalue weighted by Crippen LogP contribution is 2.30. The molecule has 2 amide bonds. The Kier molecular flexibility index (Phi) is 9.15. The van der Waals surface area contributed by atoms with Gasteiger partial charge in [-0.25, -0.2) is 0 Å². The molecule has 220 valence electrons. The molecule has 0 radical (unpaired) electrons. The van der Waals surface area contributed by atoms with Crippen LogP contribution in [-0.4, -0.2) is 24.2 Å². The molecule has 4 aromatic carbocycles. The second-order valence-corrected chi connectivity index (χ2v) is 12.4. The fourth-order valence-corrected chi connectivity index (χ4v) is 5.97. The van der Waals surface area contributed by atoms with E-state index in [1.54, 1.807) is 41.2 Å². The van der Waals surface area contributed by atoms with Crippen LogP contribution in [0.4, 0.5) is 22.7 Å². The summed E-state index contributed by atoms with van der Waals surface area (Å²) >= 11 is 3.22. The highest BCUT2D eigenvalue weighted by Gasteiger charge is 2.15. The van der Waals surface area contributed by atoms with Gasteiger partial charge in [-0.05, 0) is 90.2 Å². The Bertz CT molecular complexity index is 2010. The predicted octanol–water partition coefficient (Wildman–Crippen LogP) is 9.79. The number of carbonyl (C=O) groups is 2. The monoisotopic (exact) mass is 624 g/mol. The van der Waals surface area contributed by atoms with Crippen molar-refractivity contribution >= 4 is 69.7 Å². The minimum atomic E-state index is -0.263. The summed E-state index contributed by atoms with van der Waals surface area (Å²) in [5.41, 5.74) is 5.03. The zero-order chi connectivity index (χ0) is 31.0. The predicted molar refractivity (Wildman–Crippen MR) is 189 cm³/mol. The first-order chi connectivity index (χ1) is 22.0. The fraction of sp³-hybridized carbons (Fsp3) is 0.0270. The van der Waals surface area contributed by atoms with Crippen LogP contribution in [-0.2, 0) is 0 Å². The van der Waals surface area contributed by atoms with Crippen molar-refractivity contribution in [2.45, 2.75) is 6.92 Å². The van der Waals surface area contributed by atoms with Gasteiger partial charge in [0.1, 0.15) is 0 Å². The summed E-state index contributed by atoms with van der Waals surface area (Å²) in [5, 5.41) is 7.97. The number of hydrogen-bond donors (Lipinski definition) is 2. The number of rotatable bonds is 9. The maximum Gasteiger partial charge on any atom is 0.257 e. The summed E-state index contributed by atoms with van der Waals surface area (Å²) in [6.07, 6.45) is 3.54. The normalized spacial score (nSPS) is 11.2. The number of amides is 2. The third-order valence-electron chi connectivity index (χ3n) is 6.84. The van der Waals surface area contributed by atoms with Crippen molar-refractivity contribution in [2.24, 2.45) is 9.98 Å². The molecule has 0 saturated heterocycles. The van der Waals surface area contributed by atoms with Crippen LogP contribution in [0.1, 0.15) is 35.3 Å². The molecule has 6 rings (SSSR count). The number of carbonyl (C=O) groups excluding carboxylic acids is 2. The number of nitrogens with zero attached hydrogens (tertiary/aromatic N) is 2. The molecular formula is C37H28N4O2S2. The summed E-state index contributed by atoms with van der Waals surface area (Å²) in [5.74, 6) is -0.524. The smallest absolute Gasteiger partial charge is 0.257 e. The standard InChI is InChI=1S/C37H28N4O2S2/c1-25-16-18-31(45-25)24-39-34-15-6-5-14-32(34)36(42)41-29-12-7-9-26(21-29)27-17-19-35(38-23-30-13-8-20-44-30)33(22-27)37(43)40-28-10-3-2-4-11-28/h2-24H,1H3,(H,40,43)(H,41,42)/b38-23+,39-24+. The number of anilines is 2. The molecule has 6 nitrogen and oxygen atoms in total. The lowest BCUT2D eigenvalue weighted by Gasteiger charge is -2.12. The Hall–Kier alpha value is -5.44. The first-order valence-electron chi connectivity index (χ1n) is 14.2. The van der Waals surface area contributed by atoms with Gasteiger partial charge in [-0.1, -0.05) is 54.6 Å². The largest absolute Gasteiger partial charge is 0.322 e. The average Bonchev–Trinajstić information content (AvgIpc) is 3.75. The van der Waals surface area contributed by atoms with Crippen molar-refractivity contribution in [1.82, 2.24) is 0 Å². The molecule has 0 fully saturated rings. The zero-order valence-corrected chi connectivity index (χ0v) is 25.9. The minimum Gasteiger partial charge on any atom is -0.322 e. The fourth-order valence-electron chi connectivity index (χ4n) is 4.64. The molecule has 0 bridgehead atoms. The molecule has 2 heterocycles. The lowest BCUT2D eigenvalue weighted by Crippen LogP contribution is -2.12. The number of thiophene rings is 2. The molecule has 0 unspecified atom stereocenters. The van der Waals surface area contributed by atoms with E-state index in [2.05, 4.69) is 20.6 Å². The van der Waals surface area contributed by atoms with E-state index in [-0.39, 0.29) is 11.8 Å². The lowest BCUT2D eigenvalue weighted by molar-refractivity contribution is 0.101. The second kappa shape index (κ2) is 13.9. The van der Waals surface area contributed by atoms with E-state index in [4.69, 9.17) is 0 Å². The Morgan fingerprint density at radius 2 is 1.29 bits per heavy atom. The van der Waals surface area contributed by atoms with Crippen LogP contribution in [0.15, 0.2) is 137 Å². The van der Waals surface area contributed by atoms with Gasteiger partial charge in [-0.2, -0.15) is 0 Å². The molecule has 0 aliphatic carbocycles. The zero-order valence-electron chi connectivity index (χ0n) is 24.3. The average molecular weight is 625 g/mol. The molecule has 0 saturated carbocycles. The number of aryl methyl sites for hydroxylation is 1. The molecule has 0 spiro atoms. The summed E-state index contributed by atoms with van der Waals surface area (Å²) in [7, 11) is 0. The van der Waals surface area contributed by atoms with Gasteiger partial charge in [0.05, 0.1) is 22.5 Å². The maximum absolute atomic E-state index is 13.5.